The summed E-state index contributed by atoms with van der Waals surface area (Å²) in [5, 5.41) is 2.30. The number of thiazole rings is 2. The molecule has 0 atom stereocenters. The summed E-state index contributed by atoms with van der Waals surface area (Å²) in [5.74, 6) is 0. The lowest BCUT2D eigenvalue weighted by atomic mass is 10.6. The van der Waals surface area contributed by atoms with Crippen LogP contribution in [0.2, 0.25) is 0 Å². The molecule has 2 aromatic rings. The minimum Gasteiger partial charge on any atom is -0.250 e. The fourth-order valence-corrected chi connectivity index (χ4v) is 2.29. The lowest BCUT2D eigenvalue weighted by Crippen LogP contribution is -1.57. The summed E-state index contributed by atoms with van der Waals surface area (Å²) in [5.41, 5.74) is 0. The Morgan fingerprint density at radius 2 is 1.00 bits per heavy atom. The Labute approximate surface area is 115 Å². The van der Waals surface area contributed by atoms with E-state index >= 15 is 0 Å². The quantitative estimate of drug-likeness (QED) is 0.640. The van der Waals surface area contributed by atoms with Crippen molar-refractivity contribution in [3.8, 4) is 0 Å². The van der Waals surface area contributed by atoms with Crippen LogP contribution >= 0.6 is 22.7 Å². The molecule has 100 valence electrons. The molecule has 2 aromatic heterocycles. The highest BCUT2D eigenvalue weighted by molar-refractivity contribution is 7.11. The van der Waals surface area contributed by atoms with Crippen LogP contribution in [0, 0.1) is 27.7 Å². The lowest BCUT2D eigenvalue weighted by Gasteiger charge is -1.68. The Hall–Kier alpha value is -0.740. The molecular weight excluding hydrogens is 248 g/mol. The topological polar surface area (TPSA) is 25.8 Å². The van der Waals surface area contributed by atoms with E-state index in [1.807, 2.05) is 26.2 Å². The number of hydrogen-bond donors (Lipinski definition) is 0. The third-order valence-corrected chi connectivity index (χ3v) is 3.13. The summed E-state index contributed by atoms with van der Waals surface area (Å²) < 4.78 is 0. The largest absolute Gasteiger partial charge is 0.250 e. The zero-order valence-electron chi connectivity index (χ0n) is 8.87. The number of nitrogens with zero attached hydrogens (tertiary/aromatic N) is 2. The van der Waals surface area contributed by atoms with Crippen LogP contribution in [-0.2, 0) is 0 Å². The van der Waals surface area contributed by atoms with Gasteiger partial charge in [0.2, 0.25) is 0 Å². The highest BCUT2D eigenvalue weighted by Crippen LogP contribution is 2.08. The van der Waals surface area contributed by atoms with E-state index in [1.165, 1.54) is 9.75 Å². The van der Waals surface area contributed by atoms with Gasteiger partial charge in [0.15, 0.2) is 0 Å². The van der Waals surface area contributed by atoms with Gasteiger partial charge in [-0.3, -0.25) is 0 Å². The molecule has 0 fully saturated rings. The highest BCUT2D eigenvalue weighted by atomic mass is 32.1. The number of hydrogen-bond acceptors (Lipinski definition) is 4. The second-order valence-electron chi connectivity index (χ2n) is 2.98. The molecule has 0 aliphatic heterocycles. The van der Waals surface area contributed by atoms with Crippen molar-refractivity contribution in [2.75, 3.05) is 0 Å². The molecule has 0 bridgehead atoms. The molecule has 2 heterocycles. The van der Waals surface area contributed by atoms with Gasteiger partial charge in [-0.05, 0) is 27.7 Å². The van der Waals surface area contributed by atoms with Crippen molar-refractivity contribution in [2.45, 2.75) is 50.0 Å². The first-order valence-electron chi connectivity index (χ1n) is 4.36. The molecule has 2 nitrogen and oxygen atoms in total. The first-order chi connectivity index (χ1) is 6.58. The standard InChI is InChI=1S/2C5H7NS.3CH4/c2*1-4-3-6-5(2)7-4;;;/h2*3H,1-2H3;3*1H4. The first-order valence-corrected chi connectivity index (χ1v) is 5.99. The van der Waals surface area contributed by atoms with Crippen LogP contribution in [0.1, 0.15) is 42.0 Å². The molecular formula is C13H26N2S2. The van der Waals surface area contributed by atoms with Crippen LogP contribution in [0.15, 0.2) is 12.4 Å². The van der Waals surface area contributed by atoms with E-state index in [-0.39, 0.29) is 22.3 Å². The molecule has 0 spiro atoms. The smallest absolute Gasteiger partial charge is 0.0896 e. The molecule has 0 aliphatic rings. The van der Waals surface area contributed by atoms with Gasteiger partial charge in [0, 0.05) is 22.1 Å². The average Bonchev–Trinajstić information content (AvgIpc) is 2.63. The van der Waals surface area contributed by atoms with Crippen molar-refractivity contribution in [2.24, 2.45) is 0 Å². The molecule has 0 unspecified atom stereocenters. The van der Waals surface area contributed by atoms with Gasteiger partial charge in [0.1, 0.15) is 0 Å². The average molecular weight is 274 g/mol. The molecule has 0 saturated heterocycles. The lowest BCUT2D eigenvalue weighted by molar-refractivity contribution is 1.28. The minimum atomic E-state index is 0. The van der Waals surface area contributed by atoms with Crippen molar-refractivity contribution in [1.29, 1.82) is 0 Å². The van der Waals surface area contributed by atoms with Crippen LogP contribution in [0.25, 0.3) is 0 Å². The van der Waals surface area contributed by atoms with E-state index < -0.39 is 0 Å². The predicted molar refractivity (Wildman–Crippen MR) is 83.4 cm³/mol. The van der Waals surface area contributed by atoms with Gasteiger partial charge in [-0.1, -0.05) is 22.3 Å². The minimum absolute atomic E-state index is 0. The molecule has 0 radical (unpaired) electrons. The van der Waals surface area contributed by atoms with Crippen molar-refractivity contribution < 1.29 is 0 Å². The monoisotopic (exact) mass is 274 g/mol. The van der Waals surface area contributed by atoms with Gasteiger partial charge in [-0.2, -0.15) is 0 Å². The SMILES string of the molecule is C.C.C.Cc1cnc(C)s1.Cc1cnc(C)s1. The maximum absolute atomic E-state index is 4.03. The van der Waals surface area contributed by atoms with Crippen molar-refractivity contribution in [1.82, 2.24) is 9.97 Å². The van der Waals surface area contributed by atoms with Crippen LogP contribution in [0.5, 0.6) is 0 Å². The summed E-state index contributed by atoms with van der Waals surface area (Å²) in [4.78, 5) is 10.6. The van der Waals surface area contributed by atoms with Crippen molar-refractivity contribution in [3.63, 3.8) is 0 Å². The maximum atomic E-state index is 4.03. The number of aryl methyl sites for hydroxylation is 4. The van der Waals surface area contributed by atoms with E-state index in [0.29, 0.717) is 0 Å². The summed E-state index contributed by atoms with van der Waals surface area (Å²) in [6, 6.07) is 0. The normalized spacial score (nSPS) is 7.76. The van der Waals surface area contributed by atoms with E-state index in [9.17, 15) is 0 Å². The van der Waals surface area contributed by atoms with Gasteiger partial charge >= 0.3 is 0 Å². The van der Waals surface area contributed by atoms with E-state index in [0.717, 1.165) is 10.0 Å². The summed E-state index contributed by atoms with van der Waals surface area (Å²) in [6.45, 7) is 8.14. The number of rotatable bonds is 0. The van der Waals surface area contributed by atoms with Gasteiger partial charge in [-0.15, -0.1) is 22.7 Å². The zero-order chi connectivity index (χ0) is 10.6. The molecule has 0 amide bonds. The summed E-state index contributed by atoms with van der Waals surface area (Å²) in [6.07, 6.45) is 3.78. The Balaban J connectivity index is -0.000000196. The Morgan fingerprint density at radius 1 is 0.706 bits per heavy atom. The van der Waals surface area contributed by atoms with Crippen LogP contribution < -0.4 is 0 Å². The second kappa shape index (κ2) is 10.4. The first kappa shape index (κ1) is 21.5. The molecule has 0 aromatic carbocycles. The molecule has 4 heteroatoms. The van der Waals surface area contributed by atoms with Gasteiger partial charge in [0.25, 0.3) is 0 Å². The maximum Gasteiger partial charge on any atom is 0.0896 e. The fraction of sp³-hybridized carbons (Fsp3) is 0.538. The Kier molecular flexibility index (Phi) is 13.2. The Bertz CT molecular complexity index is 320. The van der Waals surface area contributed by atoms with Crippen molar-refractivity contribution >= 4 is 22.7 Å². The third-order valence-electron chi connectivity index (χ3n) is 1.47. The highest BCUT2D eigenvalue weighted by Gasteiger charge is 1.86. The van der Waals surface area contributed by atoms with Gasteiger partial charge in [0.05, 0.1) is 10.0 Å². The molecule has 0 aliphatic carbocycles. The molecule has 0 N–H and O–H groups in total. The van der Waals surface area contributed by atoms with E-state index in [4.69, 9.17) is 0 Å². The Morgan fingerprint density at radius 3 is 1.06 bits per heavy atom. The van der Waals surface area contributed by atoms with Crippen molar-refractivity contribution in [3.05, 3.63) is 32.2 Å². The summed E-state index contributed by atoms with van der Waals surface area (Å²) >= 11 is 3.46. The molecule has 17 heavy (non-hydrogen) atoms. The van der Waals surface area contributed by atoms with Gasteiger partial charge < -0.3 is 0 Å². The van der Waals surface area contributed by atoms with Crippen LogP contribution in [-0.4, -0.2) is 9.97 Å². The fourth-order valence-electron chi connectivity index (χ4n) is 0.935. The zero-order valence-corrected chi connectivity index (χ0v) is 10.5. The van der Waals surface area contributed by atoms with Crippen LogP contribution in [0.4, 0.5) is 0 Å². The van der Waals surface area contributed by atoms with E-state index in [2.05, 4.69) is 23.8 Å². The molecule has 2 rings (SSSR count). The summed E-state index contributed by atoms with van der Waals surface area (Å²) in [7, 11) is 0. The number of aromatic nitrogens is 2. The van der Waals surface area contributed by atoms with Gasteiger partial charge in [-0.25, -0.2) is 9.97 Å². The van der Waals surface area contributed by atoms with E-state index in [1.54, 1.807) is 22.7 Å². The second-order valence-corrected chi connectivity index (χ2v) is 5.86. The van der Waals surface area contributed by atoms with Crippen LogP contribution in [0.3, 0.4) is 0 Å². The molecule has 0 saturated carbocycles. The predicted octanol–water partition coefficient (Wildman–Crippen LogP) is 5.43. The third kappa shape index (κ3) is 9.01.